The number of rotatable bonds is 3. The topological polar surface area (TPSA) is 0 Å². The van der Waals surface area contributed by atoms with Crippen molar-refractivity contribution in [3.05, 3.63) is 120 Å². The molecule has 0 fully saturated rings. The third-order valence-electron chi connectivity index (χ3n) is 5.31. The second-order valence-corrected chi connectivity index (χ2v) is 7.04. The molecule has 0 saturated carbocycles. The van der Waals surface area contributed by atoms with Gasteiger partial charge in [-0.25, -0.2) is 0 Å². The van der Waals surface area contributed by atoms with Crippen LogP contribution in [0.15, 0.2) is 109 Å². The molecule has 5 rings (SSSR count). The molecule has 128 valence electrons. The third-order valence-corrected chi connectivity index (χ3v) is 5.31. The van der Waals surface area contributed by atoms with E-state index in [4.69, 9.17) is 0 Å². The van der Waals surface area contributed by atoms with Crippen LogP contribution in [0.1, 0.15) is 11.1 Å². The van der Waals surface area contributed by atoms with Gasteiger partial charge in [-0.15, -0.1) is 0 Å². The van der Waals surface area contributed by atoms with E-state index in [2.05, 4.69) is 109 Å². The molecule has 0 aliphatic carbocycles. The highest BCUT2D eigenvalue weighted by Gasteiger charge is 2.07. The molecule has 0 aliphatic rings. The van der Waals surface area contributed by atoms with E-state index in [1.165, 1.54) is 43.8 Å². The van der Waals surface area contributed by atoms with Gasteiger partial charge in [-0.1, -0.05) is 109 Å². The molecule has 0 amide bonds. The van der Waals surface area contributed by atoms with Crippen LogP contribution in [0.4, 0.5) is 0 Å². The number of benzene rings is 5. The zero-order chi connectivity index (χ0) is 18.1. The smallest absolute Gasteiger partial charge is 0.00194 e. The summed E-state index contributed by atoms with van der Waals surface area (Å²) in [6, 6.07) is 39.3. The summed E-state index contributed by atoms with van der Waals surface area (Å²) in [5, 5.41) is 5.33. The number of hydrogen-bond acceptors (Lipinski definition) is 0. The van der Waals surface area contributed by atoms with Crippen molar-refractivity contribution in [1.82, 2.24) is 0 Å². The Kier molecular flexibility index (Phi) is 3.95. The van der Waals surface area contributed by atoms with Gasteiger partial charge in [-0.2, -0.15) is 0 Å². The van der Waals surface area contributed by atoms with E-state index in [1.54, 1.807) is 0 Å². The van der Waals surface area contributed by atoms with Crippen molar-refractivity contribution in [2.24, 2.45) is 0 Å². The normalized spacial score (nSPS) is 11.1. The fourth-order valence-electron chi connectivity index (χ4n) is 3.94. The van der Waals surface area contributed by atoms with Crippen LogP contribution in [0.5, 0.6) is 0 Å². The molecule has 0 nitrogen and oxygen atoms in total. The van der Waals surface area contributed by atoms with Gasteiger partial charge < -0.3 is 0 Å². The van der Waals surface area contributed by atoms with Crippen LogP contribution in [0, 0.1) is 0 Å². The Balaban J connectivity index is 1.56. The first-order valence-electron chi connectivity index (χ1n) is 9.42. The molecule has 0 unspecified atom stereocenters. The first kappa shape index (κ1) is 15.8. The van der Waals surface area contributed by atoms with E-state index in [1.807, 2.05) is 0 Å². The first-order valence-corrected chi connectivity index (χ1v) is 9.42. The van der Waals surface area contributed by atoms with Gasteiger partial charge in [0.25, 0.3) is 0 Å². The van der Waals surface area contributed by atoms with Crippen molar-refractivity contribution in [2.45, 2.75) is 6.42 Å². The van der Waals surface area contributed by atoms with Gasteiger partial charge >= 0.3 is 0 Å². The zero-order valence-corrected chi connectivity index (χ0v) is 15.1. The molecule has 5 aromatic carbocycles. The molecular formula is C27H20. The largest absolute Gasteiger partial charge is 0.0622 e. The Bertz CT molecular complexity index is 1220. The lowest BCUT2D eigenvalue weighted by atomic mass is 9.93. The Morgan fingerprint density at radius 2 is 1.04 bits per heavy atom. The minimum absolute atomic E-state index is 0.945. The summed E-state index contributed by atoms with van der Waals surface area (Å²) in [6.07, 6.45) is 0.945. The number of fused-ring (bicyclic) bond motifs is 3. The minimum atomic E-state index is 0.945. The second-order valence-electron chi connectivity index (χ2n) is 7.04. The first-order chi connectivity index (χ1) is 13.4. The summed E-state index contributed by atoms with van der Waals surface area (Å²) in [5.74, 6) is 0. The lowest BCUT2D eigenvalue weighted by Gasteiger charge is -2.11. The Hall–Kier alpha value is -3.38. The number of hydrogen-bond donors (Lipinski definition) is 0. The van der Waals surface area contributed by atoms with Gasteiger partial charge in [-0.3, -0.25) is 0 Å². The van der Waals surface area contributed by atoms with Gasteiger partial charge in [0.1, 0.15) is 0 Å². The SMILES string of the molecule is c1ccc(-c2ccc(Cc3cc4ccccc4c4ccccc34)cc2)cc1. The monoisotopic (exact) mass is 344 g/mol. The highest BCUT2D eigenvalue weighted by Crippen LogP contribution is 2.30. The molecule has 0 heteroatoms. The lowest BCUT2D eigenvalue weighted by Crippen LogP contribution is -1.91. The van der Waals surface area contributed by atoms with Crippen molar-refractivity contribution < 1.29 is 0 Å². The van der Waals surface area contributed by atoms with Gasteiger partial charge in [0.05, 0.1) is 0 Å². The highest BCUT2D eigenvalue weighted by molar-refractivity contribution is 6.09. The summed E-state index contributed by atoms with van der Waals surface area (Å²) in [6.45, 7) is 0. The average molecular weight is 344 g/mol. The van der Waals surface area contributed by atoms with E-state index in [0.29, 0.717) is 0 Å². The third kappa shape index (κ3) is 3.00. The van der Waals surface area contributed by atoms with Crippen LogP contribution in [0.3, 0.4) is 0 Å². The average Bonchev–Trinajstić information content (AvgIpc) is 2.75. The Morgan fingerprint density at radius 1 is 0.444 bits per heavy atom. The molecule has 0 aromatic heterocycles. The molecule has 0 aliphatic heterocycles. The maximum absolute atomic E-state index is 2.35. The van der Waals surface area contributed by atoms with E-state index >= 15 is 0 Å². The maximum atomic E-state index is 2.35. The molecule has 0 bridgehead atoms. The second kappa shape index (κ2) is 6.74. The van der Waals surface area contributed by atoms with Crippen LogP contribution < -0.4 is 0 Å². The molecule has 0 N–H and O–H groups in total. The van der Waals surface area contributed by atoms with E-state index < -0.39 is 0 Å². The highest BCUT2D eigenvalue weighted by atomic mass is 14.1. The quantitative estimate of drug-likeness (QED) is 0.302. The summed E-state index contributed by atoms with van der Waals surface area (Å²) in [5.41, 5.74) is 5.26. The molecule has 27 heavy (non-hydrogen) atoms. The Labute approximate surface area is 159 Å². The van der Waals surface area contributed by atoms with Crippen molar-refractivity contribution in [2.75, 3.05) is 0 Å². The summed E-state index contributed by atoms with van der Waals surface area (Å²) in [4.78, 5) is 0. The molecule has 0 heterocycles. The molecule has 0 saturated heterocycles. The van der Waals surface area contributed by atoms with Gasteiger partial charge in [0.2, 0.25) is 0 Å². The Morgan fingerprint density at radius 3 is 1.81 bits per heavy atom. The standard InChI is InChI=1S/C27H20/c1-2-8-21(9-3-1)22-16-14-20(15-17-22)18-24-19-23-10-4-5-11-25(23)27-13-7-6-12-26(24)27/h1-17,19H,18H2. The van der Waals surface area contributed by atoms with E-state index in [-0.39, 0.29) is 0 Å². The van der Waals surface area contributed by atoms with Crippen molar-refractivity contribution in [3.63, 3.8) is 0 Å². The summed E-state index contributed by atoms with van der Waals surface area (Å²) >= 11 is 0. The van der Waals surface area contributed by atoms with Crippen LogP contribution in [0.2, 0.25) is 0 Å². The molecule has 0 radical (unpaired) electrons. The van der Waals surface area contributed by atoms with Crippen molar-refractivity contribution in [1.29, 1.82) is 0 Å². The lowest BCUT2D eigenvalue weighted by molar-refractivity contribution is 1.22. The van der Waals surface area contributed by atoms with Crippen molar-refractivity contribution in [3.8, 4) is 11.1 Å². The van der Waals surface area contributed by atoms with E-state index in [0.717, 1.165) is 6.42 Å². The van der Waals surface area contributed by atoms with Crippen LogP contribution >= 0.6 is 0 Å². The molecular weight excluding hydrogens is 324 g/mol. The van der Waals surface area contributed by atoms with Gasteiger partial charge in [0, 0.05) is 0 Å². The van der Waals surface area contributed by atoms with Gasteiger partial charge in [-0.05, 0) is 50.2 Å². The fraction of sp³-hybridized carbons (Fsp3) is 0.0370. The van der Waals surface area contributed by atoms with Gasteiger partial charge in [0.15, 0.2) is 0 Å². The summed E-state index contributed by atoms with van der Waals surface area (Å²) in [7, 11) is 0. The maximum Gasteiger partial charge on any atom is -0.00194 e. The predicted molar refractivity (Wildman–Crippen MR) is 116 cm³/mol. The van der Waals surface area contributed by atoms with Crippen molar-refractivity contribution >= 4 is 21.5 Å². The fourth-order valence-corrected chi connectivity index (χ4v) is 3.94. The predicted octanol–water partition coefficient (Wildman–Crippen LogP) is 7.25. The van der Waals surface area contributed by atoms with E-state index in [9.17, 15) is 0 Å². The molecule has 0 atom stereocenters. The molecule has 5 aromatic rings. The zero-order valence-electron chi connectivity index (χ0n) is 15.1. The van der Waals surface area contributed by atoms with Crippen LogP contribution in [-0.4, -0.2) is 0 Å². The van der Waals surface area contributed by atoms with Crippen LogP contribution in [-0.2, 0) is 6.42 Å². The van der Waals surface area contributed by atoms with Crippen LogP contribution in [0.25, 0.3) is 32.7 Å². The summed E-state index contributed by atoms with van der Waals surface area (Å²) < 4.78 is 0. The minimum Gasteiger partial charge on any atom is -0.0622 e. The molecule has 0 spiro atoms.